The maximum atomic E-state index is 12.6. The molecule has 2 fully saturated rings. The van der Waals surface area contributed by atoms with Gasteiger partial charge >= 0.3 is 0 Å². The van der Waals surface area contributed by atoms with Crippen molar-refractivity contribution < 1.29 is 23.3 Å². The first kappa shape index (κ1) is 10.3. The van der Waals surface area contributed by atoms with Gasteiger partial charge in [-0.3, -0.25) is 0 Å². The number of fused-ring (bicyclic) bond motifs is 1. The number of methoxy groups -OCH3 is 1. The molecule has 0 spiro atoms. The fourth-order valence-electron chi connectivity index (χ4n) is 1.96. The molecule has 0 unspecified atom stereocenters. The summed E-state index contributed by atoms with van der Waals surface area (Å²) in [6.45, 7) is 3.02. The smallest absolute Gasteiger partial charge is 0.186 e. The zero-order chi connectivity index (χ0) is 10.3. The third-order valence-electron chi connectivity index (χ3n) is 2.49. The van der Waals surface area contributed by atoms with Crippen LogP contribution in [0.4, 0.5) is 4.39 Å². The zero-order valence-electron chi connectivity index (χ0n) is 8.53. The van der Waals surface area contributed by atoms with Crippen LogP contribution in [0.3, 0.4) is 0 Å². The van der Waals surface area contributed by atoms with Crippen LogP contribution in [-0.4, -0.2) is 44.2 Å². The first-order valence-corrected chi connectivity index (χ1v) is 4.67. The molecule has 4 nitrogen and oxygen atoms in total. The normalized spacial score (nSPS) is 45.4. The highest BCUT2D eigenvalue weighted by Gasteiger charge is 2.55. The Kier molecular flexibility index (Phi) is 2.51. The number of hydrogen-bond donors (Lipinski definition) is 0. The standard InChI is InChI=1S/C9H15FO4/c1-9(2)13-6-5(4-10)12-8(11-3)7(6)14-9/h5-8H,4H2,1-3H3/t5-,6-,7-,8+/m1/s1. The molecule has 2 rings (SSSR count). The SMILES string of the molecule is CO[C@H]1O[C@H](CF)[C@H]2OC(C)(C)O[C@@H]12. The summed E-state index contributed by atoms with van der Waals surface area (Å²) >= 11 is 0. The lowest BCUT2D eigenvalue weighted by Gasteiger charge is -2.22. The monoisotopic (exact) mass is 206 g/mol. The van der Waals surface area contributed by atoms with E-state index in [0.29, 0.717) is 0 Å². The summed E-state index contributed by atoms with van der Waals surface area (Å²) in [6.07, 6.45) is -1.79. The van der Waals surface area contributed by atoms with Gasteiger partial charge in [-0.05, 0) is 13.8 Å². The molecule has 5 heteroatoms. The van der Waals surface area contributed by atoms with E-state index in [0.717, 1.165) is 0 Å². The van der Waals surface area contributed by atoms with Crippen molar-refractivity contribution in [3.05, 3.63) is 0 Å². The lowest BCUT2D eigenvalue weighted by molar-refractivity contribution is -0.228. The third-order valence-corrected chi connectivity index (χ3v) is 2.49. The Bertz CT molecular complexity index is 201. The van der Waals surface area contributed by atoms with E-state index in [9.17, 15) is 4.39 Å². The lowest BCUT2D eigenvalue weighted by Crippen LogP contribution is -2.31. The third kappa shape index (κ3) is 1.54. The van der Waals surface area contributed by atoms with Gasteiger partial charge in [0.1, 0.15) is 25.0 Å². The first-order valence-electron chi connectivity index (χ1n) is 4.67. The van der Waals surface area contributed by atoms with Crippen LogP contribution >= 0.6 is 0 Å². The number of alkyl halides is 1. The quantitative estimate of drug-likeness (QED) is 0.671. The van der Waals surface area contributed by atoms with Gasteiger partial charge in [0.05, 0.1) is 0 Å². The average molecular weight is 206 g/mol. The highest BCUT2D eigenvalue weighted by molar-refractivity contribution is 4.94. The molecular formula is C9H15FO4. The Morgan fingerprint density at radius 3 is 2.50 bits per heavy atom. The molecule has 0 N–H and O–H groups in total. The summed E-state index contributed by atoms with van der Waals surface area (Å²) in [5.74, 6) is -0.677. The summed E-state index contributed by atoms with van der Waals surface area (Å²) in [7, 11) is 1.51. The molecule has 0 radical (unpaired) electrons. The zero-order valence-corrected chi connectivity index (χ0v) is 8.53. The second kappa shape index (κ2) is 3.41. The average Bonchev–Trinajstić information content (AvgIpc) is 2.57. The van der Waals surface area contributed by atoms with Gasteiger partial charge in [-0.1, -0.05) is 0 Å². The molecular weight excluding hydrogens is 191 g/mol. The Balaban J connectivity index is 2.12. The predicted octanol–water partition coefficient (Wildman–Crippen LogP) is 0.847. The molecule has 4 atom stereocenters. The van der Waals surface area contributed by atoms with Crippen LogP contribution in [0, 0.1) is 0 Å². The Labute approximate surface area is 82.3 Å². The van der Waals surface area contributed by atoms with E-state index in [1.54, 1.807) is 13.8 Å². The molecule has 2 saturated heterocycles. The molecule has 2 aliphatic rings. The van der Waals surface area contributed by atoms with Crippen molar-refractivity contribution >= 4 is 0 Å². The van der Waals surface area contributed by atoms with E-state index in [4.69, 9.17) is 18.9 Å². The van der Waals surface area contributed by atoms with Crippen molar-refractivity contribution in [3.63, 3.8) is 0 Å². The number of ether oxygens (including phenoxy) is 4. The van der Waals surface area contributed by atoms with E-state index < -0.39 is 24.9 Å². The van der Waals surface area contributed by atoms with Crippen molar-refractivity contribution in [1.29, 1.82) is 0 Å². The molecule has 0 aromatic heterocycles. The van der Waals surface area contributed by atoms with Crippen LogP contribution in [0.1, 0.15) is 13.8 Å². The largest absolute Gasteiger partial charge is 0.353 e. The van der Waals surface area contributed by atoms with Crippen molar-refractivity contribution in [2.24, 2.45) is 0 Å². The van der Waals surface area contributed by atoms with E-state index in [-0.39, 0.29) is 12.2 Å². The molecule has 0 aliphatic carbocycles. The minimum Gasteiger partial charge on any atom is -0.353 e. The maximum absolute atomic E-state index is 12.6. The molecule has 2 aliphatic heterocycles. The molecule has 2 heterocycles. The van der Waals surface area contributed by atoms with Crippen molar-refractivity contribution in [3.8, 4) is 0 Å². The molecule has 0 amide bonds. The van der Waals surface area contributed by atoms with Crippen LogP contribution in [0.25, 0.3) is 0 Å². The molecule has 82 valence electrons. The minimum atomic E-state index is -0.677. The Morgan fingerprint density at radius 2 is 1.93 bits per heavy atom. The van der Waals surface area contributed by atoms with Gasteiger partial charge in [0.2, 0.25) is 0 Å². The number of rotatable bonds is 2. The fraction of sp³-hybridized carbons (Fsp3) is 1.00. The second-order valence-electron chi connectivity index (χ2n) is 4.00. The van der Waals surface area contributed by atoms with Crippen molar-refractivity contribution in [2.45, 2.75) is 44.2 Å². The van der Waals surface area contributed by atoms with Crippen LogP contribution in [0.15, 0.2) is 0 Å². The van der Waals surface area contributed by atoms with Crippen LogP contribution < -0.4 is 0 Å². The lowest BCUT2D eigenvalue weighted by atomic mass is 10.1. The van der Waals surface area contributed by atoms with Crippen LogP contribution in [0.2, 0.25) is 0 Å². The van der Waals surface area contributed by atoms with Crippen molar-refractivity contribution in [2.75, 3.05) is 13.8 Å². The van der Waals surface area contributed by atoms with Gasteiger partial charge in [0.25, 0.3) is 0 Å². The second-order valence-corrected chi connectivity index (χ2v) is 4.00. The van der Waals surface area contributed by atoms with Crippen molar-refractivity contribution in [1.82, 2.24) is 0 Å². The van der Waals surface area contributed by atoms with Crippen LogP contribution in [-0.2, 0) is 18.9 Å². The van der Waals surface area contributed by atoms with Gasteiger partial charge in [0, 0.05) is 7.11 Å². The Morgan fingerprint density at radius 1 is 1.29 bits per heavy atom. The minimum absolute atomic E-state index is 0.323. The highest BCUT2D eigenvalue weighted by atomic mass is 19.1. The summed E-state index contributed by atoms with van der Waals surface area (Å²) in [5, 5.41) is 0. The number of hydrogen-bond acceptors (Lipinski definition) is 4. The van der Waals surface area contributed by atoms with Gasteiger partial charge in [-0.2, -0.15) is 0 Å². The first-order chi connectivity index (χ1) is 6.57. The summed E-state index contributed by atoms with van der Waals surface area (Å²) < 4.78 is 34.0. The van der Waals surface area contributed by atoms with Gasteiger partial charge in [-0.25, -0.2) is 4.39 Å². The van der Waals surface area contributed by atoms with Crippen LogP contribution in [0.5, 0.6) is 0 Å². The van der Waals surface area contributed by atoms with Gasteiger partial charge in [0.15, 0.2) is 12.1 Å². The predicted molar refractivity (Wildman–Crippen MR) is 45.5 cm³/mol. The summed E-state index contributed by atoms with van der Waals surface area (Å²) in [4.78, 5) is 0. The van der Waals surface area contributed by atoms with E-state index >= 15 is 0 Å². The van der Waals surface area contributed by atoms with Gasteiger partial charge < -0.3 is 18.9 Å². The highest BCUT2D eigenvalue weighted by Crippen LogP contribution is 2.38. The van der Waals surface area contributed by atoms with E-state index in [1.807, 2.05) is 0 Å². The molecule has 0 aromatic rings. The summed E-state index contributed by atoms with van der Waals surface area (Å²) in [5.41, 5.74) is 0. The molecule has 0 aromatic carbocycles. The number of halogens is 1. The Hall–Kier alpha value is -0.230. The van der Waals surface area contributed by atoms with Gasteiger partial charge in [-0.15, -0.1) is 0 Å². The van der Waals surface area contributed by atoms with E-state index in [2.05, 4.69) is 0 Å². The van der Waals surface area contributed by atoms with E-state index in [1.165, 1.54) is 7.11 Å². The fourth-order valence-corrected chi connectivity index (χ4v) is 1.96. The summed E-state index contributed by atoms with van der Waals surface area (Å²) in [6, 6.07) is 0. The molecule has 0 bridgehead atoms. The molecule has 14 heavy (non-hydrogen) atoms. The topological polar surface area (TPSA) is 36.9 Å². The molecule has 0 saturated carbocycles. The maximum Gasteiger partial charge on any atom is 0.186 e.